The highest BCUT2D eigenvalue weighted by Crippen LogP contribution is 2.07. The van der Waals surface area contributed by atoms with E-state index in [9.17, 15) is 14.4 Å². The van der Waals surface area contributed by atoms with Crippen molar-refractivity contribution in [3.63, 3.8) is 0 Å². The maximum Gasteiger partial charge on any atom is 0.352 e. The summed E-state index contributed by atoms with van der Waals surface area (Å²) in [5.41, 5.74) is -0.328. The van der Waals surface area contributed by atoms with Crippen molar-refractivity contribution in [3.05, 3.63) is 0 Å². The highest BCUT2D eigenvalue weighted by atomic mass is 16.4. The number of carbonyl (C=O) groups excluding carboxylic acids is 1. The molecule has 1 rings (SSSR count). The Bertz CT molecular complexity index is 308. The van der Waals surface area contributed by atoms with E-state index in [2.05, 4.69) is 5.10 Å². The third-order valence-electron chi connectivity index (χ3n) is 1.38. The molecule has 7 heteroatoms. The van der Waals surface area contributed by atoms with E-state index in [0.717, 1.165) is 0 Å². The highest BCUT2D eigenvalue weighted by Gasteiger charge is 2.28. The molecular formula is C6H6N2O5. The molecule has 0 aromatic rings. The van der Waals surface area contributed by atoms with Gasteiger partial charge in [-0.1, -0.05) is 0 Å². The summed E-state index contributed by atoms with van der Waals surface area (Å²) in [4.78, 5) is 31.4. The third kappa shape index (κ3) is 2.01. The molecule has 70 valence electrons. The van der Waals surface area contributed by atoms with E-state index in [1.54, 1.807) is 0 Å². The fourth-order valence-electron chi connectivity index (χ4n) is 0.841. The lowest BCUT2D eigenvalue weighted by atomic mass is 10.3. The van der Waals surface area contributed by atoms with Gasteiger partial charge in [0.2, 0.25) is 5.91 Å². The summed E-state index contributed by atoms with van der Waals surface area (Å²) in [6.45, 7) is -0.602. The van der Waals surface area contributed by atoms with E-state index in [4.69, 9.17) is 10.2 Å². The quantitative estimate of drug-likeness (QED) is 0.572. The van der Waals surface area contributed by atoms with Crippen LogP contribution in [-0.2, 0) is 14.4 Å². The molecular weight excluding hydrogens is 180 g/mol. The normalized spacial score (nSPS) is 15.8. The monoisotopic (exact) mass is 186 g/mol. The second-order valence-corrected chi connectivity index (χ2v) is 2.37. The fourth-order valence-corrected chi connectivity index (χ4v) is 0.841. The lowest BCUT2D eigenvalue weighted by Crippen LogP contribution is -2.27. The van der Waals surface area contributed by atoms with E-state index >= 15 is 0 Å². The average Bonchev–Trinajstić information content (AvgIpc) is 2.31. The van der Waals surface area contributed by atoms with Gasteiger partial charge in [-0.2, -0.15) is 5.10 Å². The maximum absolute atomic E-state index is 10.9. The number of carboxylic acid groups (broad SMARTS) is 2. The predicted octanol–water partition coefficient (Wildman–Crippen LogP) is -1.26. The molecule has 2 N–H and O–H groups in total. The van der Waals surface area contributed by atoms with Crippen molar-refractivity contribution in [2.24, 2.45) is 5.10 Å². The van der Waals surface area contributed by atoms with Crippen LogP contribution < -0.4 is 0 Å². The van der Waals surface area contributed by atoms with Gasteiger partial charge in [0.05, 0.1) is 6.42 Å². The number of amides is 1. The zero-order valence-electron chi connectivity index (χ0n) is 6.43. The molecule has 0 atom stereocenters. The van der Waals surface area contributed by atoms with Crippen LogP contribution in [0.15, 0.2) is 5.10 Å². The van der Waals surface area contributed by atoms with Crippen molar-refractivity contribution in [1.82, 2.24) is 5.01 Å². The Morgan fingerprint density at radius 3 is 2.46 bits per heavy atom. The lowest BCUT2D eigenvalue weighted by molar-refractivity contribution is -0.143. The molecule has 0 saturated heterocycles. The topological polar surface area (TPSA) is 107 Å². The first-order valence-electron chi connectivity index (χ1n) is 3.33. The molecule has 0 aromatic carbocycles. The predicted molar refractivity (Wildman–Crippen MR) is 39.0 cm³/mol. The van der Waals surface area contributed by atoms with Gasteiger partial charge >= 0.3 is 11.9 Å². The summed E-state index contributed by atoms with van der Waals surface area (Å²) < 4.78 is 0. The van der Waals surface area contributed by atoms with Crippen molar-refractivity contribution in [2.45, 2.75) is 6.42 Å². The van der Waals surface area contributed by atoms with Crippen LogP contribution in [0.2, 0.25) is 0 Å². The van der Waals surface area contributed by atoms with Crippen LogP contribution in [-0.4, -0.2) is 45.3 Å². The van der Waals surface area contributed by atoms with Gasteiger partial charge < -0.3 is 10.2 Å². The van der Waals surface area contributed by atoms with Crippen LogP contribution >= 0.6 is 0 Å². The second-order valence-electron chi connectivity index (χ2n) is 2.37. The molecule has 1 amide bonds. The molecule has 0 bridgehead atoms. The molecule has 0 fully saturated rings. The van der Waals surface area contributed by atoms with Crippen LogP contribution in [0.5, 0.6) is 0 Å². The van der Waals surface area contributed by atoms with Gasteiger partial charge in [0.1, 0.15) is 6.54 Å². The fraction of sp³-hybridized carbons (Fsp3) is 0.333. The minimum Gasteiger partial charge on any atom is -0.480 e. The molecule has 1 heterocycles. The number of nitrogens with zero attached hydrogens (tertiary/aromatic N) is 2. The van der Waals surface area contributed by atoms with Crippen LogP contribution in [0.1, 0.15) is 6.42 Å². The number of aliphatic carboxylic acids is 2. The first kappa shape index (κ1) is 9.17. The number of carboxylic acids is 2. The number of rotatable bonds is 3. The summed E-state index contributed by atoms with van der Waals surface area (Å²) in [6, 6.07) is 0. The number of hydrogen-bond donors (Lipinski definition) is 2. The Kier molecular flexibility index (Phi) is 2.27. The number of hydrazone groups is 1. The maximum atomic E-state index is 10.9. The van der Waals surface area contributed by atoms with Crippen LogP contribution in [0.25, 0.3) is 0 Å². The van der Waals surface area contributed by atoms with Crippen molar-refractivity contribution >= 4 is 23.6 Å². The zero-order chi connectivity index (χ0) is 10.0. The summed E-state index contributed by atoms with van der Waals surface area (Å²) in [6.07, 6.45) is -0.345. The Hall–Kier alpha value is -1.92. The van der Waals surface area contributed by atoms with Crippen LogP contribution in [0.3, 0.4) is 0 Å². The molecule has 0 saturated carbocycles. The van der Waals surface area contributed by atoms with Gasteiger partial charge in [0.25, 0.3) is 0 Å². The largest absolute Gasteiger partial charge is 0.480 e. The lowest BCUT2D eigenvalue weighted by Gasteiger charge is -2.06. The Morgan fingerprint density at radius 1 is 1.46 bits per heavy atom. The van der Waals surface area contributed by atoms with Gasteiger partial charge in [0, 0.05) is 0 Å². The number of carbonyl (C=O) groups is 3. The van der Waals surface area contributed by atoms with Crippen molar-refractivity contribution < 1.29 is 24.6 Å². The Morgan fingerprint density at radius 2 is 2.08 bits per heavy atom. The Labute approximate surface area is 72.3 Å². The van der Waals surface area contributed by atoms with E-state index in [1.165, 1.54) is 0 Å². The molecule has 13 heavy (non-hydrogen) atoms. The summed E-state index contributed by atoms with van der Waals surface area (Å²) in [5.74, 6) is -3.15. The summed E-state index contributed by atoms with van der Waals surface area (Å²) >= 11 is 0. The van der Waals surface area contributed by atoms with E-state index < -0.39 is 24.4 Å². The first-order valence-corrected chi connectivity index (χ1v) is 3.33. The van der Waals surface area contributed by atoms with E-state index in [1.807, 2.05) is 0 Å². The zero-order valence-corrected chi connectivity index (χ0v) is 6.43. The van der Waals surface area contributed by atoms with Gasteiger partial charge in [-0.05, 0) is 0 Å². The van der Waals surface area contributed by atoms with Crippen LogP contribution in [0.4, 0.5) is 0 Å². The average molecular weight is 186 g/mol. The van der Waals surface area contributed by atoms with E-state index in [0.29, 0.717) is 5.01 Å². The van der Waals surface area contributed by atoms with Crippen LogP contribution in [0, 0.1) is 0 Å². The third-order valence-corrected chi connectivity index (χ3v) is 1.38. The first-order chi connectivity index (χ1) is 6.00. The highest BCUT2D eigenvalue weighted by molar-refractivity contribution is 6.40. The van der Waals surface area contributed by atoms with Crippen molar-refractivity contribution in [2.75, 3.05) is 6.54 Å². The standard InChI is InChI=1S/C6H6N2O5/c9-4-1-3(6(12)13)7-8(4)2-5(10)11/h1-2H2,(H,10,11)(H,12,13). The molecule has 0 radical (unpaired) electrons. The van der Waals surface area contributed by atoms with Gasteiger partial charge in [-0.25, -0.2) is 9.80 Å². The molecule has 0 aromatic heterocycles. The van der Waals surface area contributed by atoms with Gasteiger partial charge in [-0.3, -0.25) is 9.59 Å². The summed E-state index contributed by atoms with van der Waals surface area (Å²) in [7, 11) is 0. The van der Waals surface area contributed by atoms with E-state index in [-0.39, 0.29) is 12.1 Å². The molecule has 1 aliphatic heterocycles. The summed E-state index contributed by atoms with van der Waals surface area (Å²) in [5, 5.41) is 20.7. The Balaban J connectivity index is 2.72. The van der Waals surface area contributed by atoms with Gasteiger partial charge in [-0.15, -0.1) is 0 Å². The van der Waals surface area contributed by atoms with Crippen molar-refractivity contribution in [1.29, 1.82) is 0 Å². The minimum absolute atomic E-state index is 0.328. The SMILES string of the molecule is O=C(O)CN1N=C(C(=O)O)CC1=O. The molecule has 1 aliphatic rings. The smallest absolute Gasteiger partial charge is 0.352 e. The molecule has 0 unspecified atom stereocenters. The van der Waals surface area contributed by atoms with Gasteiger partial charge in [0.15, 0.2) is 5.71 Å². The molecule has 7 nitrogen and oxygen atoms in total. The molecule has 0 aliphatic carbocycles. The second kappa shape index (κ2) is 3.21. The van der Waals surface area contributed by atoms with Crippen molar-refractivity contribution in [3.8, 4) is 0 Å². The molecule has 0 spiro atoms. The number of hydrogen-bond acceptors (Lipinski definition) is 4. The minimum atomic E-state index is -1.30.